The van der Waals surface area contributed by atoms with Gasteiger partial charge >= 0.3 is 0 Å². The summed E-state index contributed by atoms with van der Waals surface area (Å²) < 4.78 is 5.51. The first-order valence-corrected chi connectivity index (χ1v) is 7.47. The van der Waals surface area contributed by atoms with Crippen molar-refractivity contribution in [1.82, 2.24) is 4.90 Å². The second-order valence-corrected chi connectivity index (χ2v) is 6.02. The maximum atomic E-state index is 12.5. The number of hydrogen-bond donors (Lipinski definition) is 0. The lowest BCUT2D eigenvalue weighted by Gasteiger charge is -2.38. The van der Waals surface area contributed by atoms with Crippen LogP contribution in [0.15, 0.2) is 24.3 Å². The molecular weight excluding hydrogens is 274 g/mol. The zero-order valence-corrected chi connectivity index (χ0v) is 13.1. The summed E-state index contributed by atoms with van der Waals surface area (Å²) in [7, 11) is 1.74. The Morgan fingerprint density at radius 2 is 2.25 bits per heavy atom. The van der Waals surface area contributed by atoms with Gasteiger partial charge in [-0.2, -0.15) is 0 Å². The first-order valence-electron chi connectivity index (χ1n) is 7.09. The number of nitrogens with zero attached hydrogens (tertiary/aromatic N) is 1. The molecule has 0 spiro atoms. The number of carbonyl (C=O) groups is 1. The number of halogens is 1. The third-order valence-corrected chi connectivity index (χ3v) is 4.49. The summed E-state index contributed by atoms with van der Waals surface area (Å²) in [6.07, 6.45) is 1.27. The SMILES string of the molecule is COC1CN(C(C)C(=O)c2cccc(Cl)c2)CCC1C. The third-order valence-electron chi connectivity index (χ3n) is 4.26. The van der Waals surface area contributed by atoms with Crippen LogP contribution >= 0.6 is 11.6 Å². The molecule has 2 rings (SSSR count). The van der Waals surface area contributed by atoms with Gasteiger partial charge in [0.25, 0.3) is 0 Å². The molecule has 0 aliphatic carbocycles. The lowest BCUT2D eigenvalue weighted by molar-refractivity contribution is -0.0139. The zero-order chi connectivity index (χ0) is 14.7. The van der Waals surface area contributed by atoms with Crippen LogP contribution in [0.25, 0.3) is 0 Å². The van der Waals surface area contributed by atoms with Crippen LogP contribution in [0.1, 0.15) is 30.6 Å². The van der Waals surface area contributed by atoms with Crippen molar-refractivity contribution in [3.63, 3.8) is 0 Å². The Labute approximate surface area is 125 Å². The largest absolute Gasteiger partial charge is 0.380 e. The van der Waals surface area contributed by atoms with Crippen LogP contribution in [0.3, 0.4) is 0 Å². The van der Waals surface area contributed by atoms with Gasteiger partial charge in [0.15, 0.2) is 5.78 Å². The predicted octanol–water partition coefficient (Wildman–Crippen LogP) is 3.27. The van der Waals surface area contributed by atoms with Crippen molar-refractivity contribution in [1.29, 1.82) is 0 Å². The third kappa shape index (κ3) is 3.40. The fourth-order valence-corrected chi connectivity index (χ4v) is 2.96. The molecule has 1 aromatic carbocycles. The lowest BCUT2D eigenvalue weighted by atomic mass is 9.93. The van der Waals surface area contributed by atoms with Crippen LogP contribution in [0.5, 0.6) is 0 Å². The summed E-state index contributed by atoms with van der Waals surface area (Å²) in [5, 5.41) is 0.602. The Morgan fingerprint density at radius 3 is 2.90 bits per heavy atom. The molecular formula is C16H22ClNO2. The molecule has 1 aliphatic heterocycles. The van der Waals surface area contributed by atoms with Gasteiger partial charge in [-0.05, 0) is 37.9 Å². The van der Waals surface area contributed by atoms with E-state index in [4.69, 9.17) is 16.3 Å². The van der Waals surface area contributed by atoms with Gasteiger partial charge in [-0.25, -0.2) is 0 Å². The molecule has 1 fully saturated rings. The molecule has 0 saturated carbocycles. The standard InChI is InChI=1S/C16H22ClNO2/c1-11-7-8-18(10-15(11)20-3)12(2)16(19)13-5-4-6-14(17)9-13/h4-6,9,11-12,15H,7-8,10H2,1-3H3. The maximum Gasteiger partial charge on any atom is 0.179 e. The molecule has 0 radical (unpaired) electrons. The van der Waals surface area contributed by atoms with E-state index < -0.39 is 0 Å². The van der Waals surface area contributed by atoms with Crippen LogP contribution in [0, 0.1) is 5.92 Å². The van der Waals surface area contributed by atoms with E-state index in [2.05, 4.69) is 11.8 Å². The van der Waals surface area contributed by atoms with Crippen molar-refractivity contribution in [3.05, 3.63) is 34.9 Å². The zero-order valence-electron chi connectivity index (χ0n) is 12.3. The van der Waals surface area contributed by atoms with Gasteiger partial charge in [0.2, 0.25) is 0 Å². The summed E-state index contributed by atoms with van der Waals surface area (Å²) in [5.74, 6) is 0.668. The van der Waals surface area contributed by atoms with E-state index in [0.717, 1.165) is 19.5 Å². The smallest absolute Gasteiger partial charge is 0.179 e. The van der Waals surface area contributed by atoms with E-state index in [1.807, 2.05) is 19.1 Å². The second kappa shape index (κ2) is 6.70. The predicted molar refractivity (Wildman–Crippen MR) is 81.4 cm³/mol. The number of ether oxygens (including phenoxy) is 1. The Bertz CT molecular complexity index is 477. The Hall–Kier alpha value is -0.900. The minimum atomic E-state index is -0.140. The molecule has 1 saturated heterocycles. The number of benzene rings is 1. The molecule has 1 heterocycles. The molecule has 20 heavy (non-hydrogen) atoms. The van der Waals surface area contributed by atoms with Gasteiger partial charge in [-0.3, -0.25) is 9.69 Å². The monoisotopic (exact) mass is 295 g/mol. The van der Waals surface area contributed by atoms with Gasteiger partial charge in [-0.1, -0.05) is 30.7 Å². The summed E-state index contributed by atoms with van der Waals surface area (Å²) >= 11 is 5.96. The fourth-order valence-electron chi connectivity index (χ4n) is 2.77. The van der Waals surface area contributed by atoms with E-state index >= 15 is 0 Å². The molecule has 3 atom stereocenters. The Balaban J connectivity index is 2.07. The highest BCUT2D eigenvalue weighted by atomic mass is 35.5. The summed E-state index contributed by atoms with van der Waals surface area (Å²) in [4.78, 5) is 14.7. The number of rotatable bonds is 4. The minimum Gasteiger partial charge on any atom is -0.380 e. The van der Waals surface area contributed by atoms with Gasteiger partial charge in [0.1, 0.15) is 0 Å². The molecule has 4 heteroatoms. The van der Waals surface area contributed by atoms with Gasteiger partial charge in [0.05, 0.1) is 12.1 Å². The molecule has 0 aromatic heterocycles. The van der Waals surface area contributed by atoms with Crippen molar-refractivity contribution >= 4 is 17.4 Å². The van der Waals surface area contributed by atoms with E-state index in [1.54, 1.807) is 19.2 Å². The average Bonchev–Trinajstić information content (AvgIpc) is 2.46. The Kier molecular flexibility index (Phi) is 5.19. The topological polar surface area (TPSA) is 29.5 Å². The fraction of sp³-hybridized carbons (Fsp3) is 0.562. The molecule has 3 nitrogen and oxygen atoms in total. The Morgan fingerprint density at radius 1 is 1.50 bits per heavy atom. The number of ketones is 1. The van der Waals surface area contributed by atoms with E-state index in [0.29, 0.717) is 16.5 Å². The summed E-state index contributed by atoms with van der Waals surface area (Å²) in [6, 6.07) is 7.02. The summed E-state index contributed by atoms with van der Waals surface area (Å²) in [5.41, 5.74) is 0.678. The van der Waals surface area contributed by atoms with Gasteiger partial charge in [0, 0.05) is 24.2 Å². The number of piperidine rings is 1. The minimum absolute atomic E-state index is 0.122. The van der Waals surface area contributed by atoms with Crippen LogP contribution in [0.2, 0.25) is 5.02 Å². The molecule has 0 amide bonds. The van der Waals surface area contributed by atoms with E-state index in [-0.39, 0.29) is 17.9 Å². The number of carbonyl (C=O) groups excluding carboxylic acids is 1. The molecule has 3 unspecified atom stereocenters. The van der Waals surface area contributed by atoms with Crippen LogP contribution in [-0.4, -0.2) is 43.0 Å². The second-order valence-electron chi connectivity index (χ2n) is 5.59. The van der Waals surface area contributed by atoms with Gasteiger partial charge < -0.3 is 4.74 Å². The highest BCUT2D eigenvalue weighted by Crippen LogP contribution is 2.23. The van der Waals surface area contributed by atoms with Crippen LogP contribution < -0.4 is 0 Å². The number of hydrogen-bond acceptors (Lipinski definition) is 3. The number of likely N-dealkylation sites (tertiary alicyclic amines) is 1. The van der Waals surface area contributed by atoms with Crippen LogP contribution in [0.4, 0.5) is 0 Å². The van der Waals surface area contributed by atoms with Gasteiger partial charge in [-0.15, -0.1) is 0 Å². The van der Waals surface area contributed by atoms with Crippen molar-refractivity contribution in [2.45, 2.75) is 32.4 Å². The van der Waals surface area contributed by atoms with Crippen molar-refractivity contribution < 1.29 is 9.53 Å². The number of Topliss-reactive ketones (excluding diaryl/α,β-unsaturated/α-hetero) is 1. The average molecular weight is 296 g/mol. The van der Waals surface area contributed by atoms with Crippen LogP contribution in [-0.2, 0) is 4.74 Å². The lowest BCUT2D eigenvalue weighted by Crippen LogP contribution is -2.50. The maximum absolute atomic E-state index is 12.5. The molecule has 110 valence electrons. The highest BCUT2D eigenvalue weighted by Gasteiger charge is 2.31. The normalized spacial score (nSPS) is 25.4. The quantitative estimate of drug-likeness (QED) is 0.799. The van der Waals surface area contributed by atoms with E-state index in [9.17, 15) is 4.79 Å². The van der Waals surface area contributed by atoms with Crippen molar-refractivity contribution in [3.8, 4) is 0 Å². The van der Waals surface area contributed by atoms with Crippen molar-refractivity contribution in [2.75, 3.05) is 20.2 Å². The highest BCUT2D eigenvalue weighted by molar-refractivity contribution is 6.31. The molecule has 0 N–H and O–H groups in total. The number of methoxy groups -OCH3 is 1. The summed E-state index contributed by atoms with van der Waals surface area (Å²) in [6.45, 7) is 5.92. The molecule has 1 aliphatic rings. The first-order chi connectivity index (χ1) is 9.52. The first kappa shape index (κ1) is 15.5. The van der Waals surface area contributed by atoms with E-state index in [1.165, 1.54) is 0 Å². The molecule has 0 bridgehead atoms. The molecule has 1 aromatic rings. The van der Waals surface area contributed by atoms with Crippen molar-refractivity contribution in [2.24, 2.45) is 5.92 Å².